The molecule has 7 heteroatoms. The van der Waals surface area contributed by atoms with Crippen LogP contribution in [-0.2, 0) is 17.8 Å². The number of urea groups is 1. The topological polar surface area (TPSA) is 78.4 Å². The van der Waals surface area contributed by atoms with E-state index in [0.717, 1.165) is 9.35 Å². The first-order chi connectivity index (χ1) is 10.0. The highest BCUT2D eigenvalue weighted by Gasteiger charge is 2.04. The minimum absolute atomic E-state index is 0.0280. The summed E-state index contributed by atoms with van der Waals surface area (Å²) in [6.45, 7) is 0.458. The van der Waals surface area contributed by atoms with Crippen LogP contribution in [0.5, 0.6) is 0 Å². The normalized spacial score (nSPS) is 10.1. The van der Waals surface area contributed by atoms with E-state index in [0.29, 0.717) is 17.8 Å². The van der Waals surface area contributed by atoms with Gasteiger partial charge < -0.3 is 15.7 Å². The number of halogens is 1. The average molecular weight is 369 g/mol. The zero-order valence-corrected chi connectivity index (χ0v) is 13.3. The van der Waals surface area contributed by atoms with Gasteiger partial charge in [-0.2, -0.15) is 0 Å². The summed E-state index contributed by atoms with van der Waals surface area (Å²) in [5.74, 6) is -0.879. The van der Waals surface area contributed by atoms with Crippen LogP contribution in [0.1, 0.15) is 10.4 Å². The molecule has 2 aromatic rings. The van der Waals surface area contributed by atoms with Gasteiger partial charge in [-0.1, -0.05) is 12.1 Å². The lowest BCUT2D eigenvalue weighted by Gasteiger charge is -2.07. The molecule has 0 bridgehead atoms. The molecule has 0 saturated carbocycles. The van der Waals surface area contributed by atoms with Gasteiger partial charge in [0.2, 0.25) is 0 Å². The number of nitrogens with one attached hydrogen (secondary N) is 2. The third kappa shape index (κ3) is 5.20. The highest BCUT2D eigenvalue weighted by Crippen LogP contribution is 2.19. The summed E-state index contributed by atoms with van der Waals surface area (Å²) < 4.78 is 0.999. The Balaban J connectivity index is 1.83. The molecule has 110 valence electrons. The Morgan fingerprint density at radius 2 is 1.95 bits per heavy atom. The van der Waals surface area contributed by atoms with E-state index >= 15 is 0 Å². The molecule has 0 radical (unpaired) electrons. The Labute approximate surface area is 134 Å². The van der Waals surface area contributed by atoms with E-state index in [1.165, 1.54) is 0 Å². The maximum absolute atomic E-state index is 11.7. The molecule has 1 aromatic carbocycles. The van der Waals surface area contributed by atoms with Crippen LogP contribution in [0, 0.1) is 0 Å². The fraction of sp³-hybridized carbons (Fsp3) is 0.143. The highest BCUT2D eigenvalue weighted by atomic mass is 79.9. The molecule has 21 heavy (non-hydrogen) atoms. The Kier molecular flexibility index (Phi) is 5.35. The summed E-state index contributed by atoms with van der Waals surface area (Å²) in [4.78, 5) is 23.4. The van der Waals surface area contributed by atoms with Gasteiger partial charge in [-0.15, -0.1) is 11.3 Å². The van der Waals surface area contributed by atoms with Gasteiger partial charge in [0.1, 0.15) is 0 Å². The van der Waals surface area contributed by atoms with Crippen molar-refractivity contribution in [2.45, 2.75) is 13.0 Å². The molecule has 0 aliphatic carbocycles. The molecule has 2 rings (SSSR count). The average Bonchev–Trinajstić information content (AvgIpc) is 2.84. The van der Waals surface area contributed by atoms with Gasteiger partial charge in [0.25, 0.3) is 0 Å². The molecule has 0 fully saturated rings. The van der Waals surface area contributed by atoms with Gasteiger partial charge in [-0.3, -0.25) is 4.79 Å². The Hall–Kier alpha value is -1.86. The number of rotatable bonds is 5. The summed E-state index contributed by atoms with van der Waals surface area (Å²) in [5.41, 5.74) is 1.31. The molecule has 0 unspecified atom stereocenters. The van der Waals surface area contributed by atoms with Gasteiger partial charge in [-0.25, -0.2) is 4.79 Å². The minimum atomic E-state index is -0.879. The molecule has 0 aliphatic heterocycles. The molecule has 0 saturated heterocycles. The number of carbonyl (C=O) groups is 2. The molecule has 0 spiro atoms. The summed E-state index contributed by atoms with van der Waals surface area (Å²) in [5, 5.41) is 16.1. The van der Waals surface area contributed by atoms with Gasteiger partial charge in [0.05, 0.1) is 13.0 Å². The maximum atomic E-state index is 11.7. The smallest absolute Gasteiger partial charge is 0.319 e. The molecule has 0 atom stereocenters. The number of benzene rings is 1. The lowest BCUT2D eigenvalue weighted by molar-refractivity contribution is -0.136. The molecule has 0 aliphatic rings. The zero-order valence-electron chi connectivity index (χ0n) is 10.9. The van der Waals surface area contributed by atoms with Gasteiger partial charge in [-0.05, 0) is 39.7 Å². The number of carboxylic acids is 1. The van der Waals surface area contributed by atoms with Crippen molar-refractivity contribution in [3.05, 3.63) is 50.6 Å². The van der Waals surface area contributed by atoms with Crippen LogP contribution in [0.3, 0.4) is 0 Å². The summed E-state index contributed by atoms with van der Waals surface area (Å²) in [6.07, 6.45) is -0.0280. The van der Waals surface area contributed by atoms with Crippen molar-refractivity contribution in [1.82, 2.24) is 5.32 Å². The number of hydrogen-bond donors (Lipinski definition) is 3. The number of thiophene rings is 1. The van der Waals surface area contributed by atoms with Crippen molar-refractivity contribution < 1.29 is 14.7 Å². The monoisotopic (exact) mass is 368 g/mol. The third-order valence-electron chi connectivity index (χ3n) is 2.61. The van der Waals surface area contributed by atoms with E-state index in [2.05, 4.69) is 26.6 Å². The second-order valence-electron chi connectivity index (χ2n) is 4.31. The first-order valence-electron chi connectivity index (χ1n) is 6.11. The third-order valence-corrected chi connectivity index (χ3v) is 4.31. The first kappa shape index (κ1) is 15.5. The lowest BCUT2D eigenvalue weighted by atomic mass is 10.1. The number of aliphatic carboxylic acids is 1. The van der Waals surface area contributed by atoms with Crippen LogP contribution >= 0.6 is 27.3 Å². The molecule has 1 aromatic heterocycles. The van der Waals surface area contributed by atoms with Crippen molar-refractivity contribution in [3.63, 3.8) is 0 Å². The summed E-state index contributed by atoms with van der Waals surface area (Å²) >= 11 is 4.92. The maximum Gasteiger partial charge on any atom is 0.319 e. The fourth-order valence-corrected chi connectivity index (χ4v) is 3.06. The SMILES string of the molecule is O=C(O)Cc1ccc(NC(=O)NCc2cc(Br)cs2)cc1. The first-order valence-corrected chi connectivity index (χ1v) is 7.78. The van der Waals surface area contributed by atoms with Crippen LogP contribution < -0.4 is 10.6 Å². The van der Waals surface area contributed by atoms with Crippen LogP contribution in [-0.4, -0.2) is 17.1 Å². The predicted octanol–water partition coefficient (Wildman–Crippen LogP) is 3.46. The predicted molar refractivity (Wildman–Crippen MR) is 85.7 cm³/mol. The van der Waals surface area contributed by atoms with E-state index in [1.54, 1.807) is 35.6 Å². The zero-order chi connectivity index (χ0) is 15.2. The summed E-state index contributed by atoms with van der Waals surface area (Å²) in [6, 6.07) is 8.37. The van der Waals surface area contributed by atoms with E-state index in [-0.39, 0.29) is 12.5 Å². The molecular formula is C14H13BrN2O3S. The van der Waals surface area contributed by atoms with Crippen LogP contribution in [0.25, 0.3) is 0 Å². The molecular weight excluding hydrogens is 356 g/mol. The van der Waals surface area contributed by atoms with Crippen molar-refractivity contribution >= 4 is 45.0 Å². The van der Waals surface area contributed by atoms with Crippen molar-refractivity contribution in [3.8, 4) is 0 Å². The number of carbonyl (C=O) groups excluding carboxylic acids is 1. The Morgan fingerprint density at radius 3 is 2.52 bits per heavy atom. The van der Waals surface area contributed by atoms with E-state index in [9.17, 15) is 9.59 Å². The standard InChI is InChI=1S/C14H13BrN2O3S/c15-10-6-12(21-8-10)7-16-14(20)17-11-3-1-9(2-4-11)5-13(18)19/h1-4,6,8H,5,7H2,(H,18,19)(H2,16,17,20). The van der Waals surface area contributed by atoms with Crippen LogP contribution in [0.4, 0.5) is 10.5 Å². The largest absolute Gasteiger partial charge is 0.481 e. The van der Waals surface area contributed by atoms with Crippen molar-refractivity contribution in [2.75, 3.05) is 5.32 Å². The molecule has 2 amide bonds. The Bertz CT molecular complexity index is 640. The number of anilines is 1. The van der Waals surface area contributed by atoms with Crippen molar-refractivity contribution in [1.29, 1.82) is 0 Å². The highest BCUT2D eigenvalue weighted by molar-refractivity contribution is 9.10. The quantitative estimate of drug-likeness (QED) is 0.755. The Morgan fingerprint density at radius 1 is 1.24 bits per heavy atom. The van der Waals surface area contributed by atoms with Crippen LogP contribution in [0.15, 0.2) is 40.2 Å². The summed E-state index contributed by atoms with van der Waals surface area (Å²) in [7, 11) is 0. The van der Waals surface area contributed by atoms with Crippen molar-refractivity contribution in [2.24, 2.45) is 0 Å². The molecule has 1 heterocycles. The second kappa shape index (κ2) is 7.24. The second-order valence-corrected chi connectivity index (χ2v) is 6.22. The minimum Gasteiger partial charge on any atom is -0.481 e. The van der Waals surface area contributed by atoms with Gasteiger partial charge in [0.15, 0.2) is 0 Å². The number of amides is 2. The lowest BCUT2D eigenvalue weighted by Crippen LogP contribution is -2.27. The van der Waals surface area contributed by atoms with Crippen LogP contribution in [0.2, 0.25) is 0 Å². The number of hydrogen-bond acceptors (Lipinski definition) is 3. The van der Waals surface area contributed by atoms with E-state index in [4.69, 9.17) is 5.11 Å². The van der Waals surface area contributed by atoms with Gasteiger partial charge in [0, 0.05) is 20.4 Å². The van der Waals surface area contributed by atoms with E-state index in [1.807, 2.05) is 11.4 Å². The van der Waals surface area contributed by atoms with Gasteiger partial charge >= 0.3 is 12.0 Å². The molecule has 5 nitrogen and oxygen atoms in total. The number of carboxylic acid groups (broad SMARTS) is 1. The fourth-order valence-electron chi connectivity index (χ4n) is 1.67. The van der Waals surface area contributed by atoms with E-state index < -0.39 is 5.97 Å². The molecule has 3 N–H and O–H groups in total.